The summed E-state index contributed by atoms with van der Waals surface area (Å²) >= 11 is 0. The Morgan fingerprint density at radius 2 is 2.31 bits per heavy atom. The maximum atomic E-state index is 8.87. The van der Waals surface area contributed by atoms with E-state index in [-0.39, 0.29) is 19.3 Å². The van der Waals surface area contributed by atoms with Crippen molar-refractivity contribution >= 4 is 5.69 Å². The van der Waals surface area contributed by atoms with E-state index in [1.807, 2.05) is 13.1 Å². The van der Waals surface area contributed by atoms with Crippen LogP contribution in [0.3, 0.4) is 0 Å². The summed E-state index contributed by atoms with van der Waals surface area (Å²) in [5.74, 6) is 0. The molecule has 1 rings (SSSR count). The van der Waals surface area contributed by atoms with Crippen LogP contribution in [0.25, 0.3) is 0 Å². The molecule has 92 valence electrons. The van der Waals surface area contributed by atoms with E-state index in [1.54, 1.807) is 10.9 Å². The smallest absolute Gasteiger partial charge is 0.0729 e. The van der Waals surface area contributed by atoms with Crippen LogP contribution in [0, 0.1) is 0 Å². The molecule has 0 bridgehead atoms. The quantitative estimate of drug-likeness (QED) is 0.533. The highest BCUT2D eigenvalue weighted by atomic mass is 16.5. The van der Waals surface area contributed by atoms with E-state index in [0.717, 1.165) is 5.69 Å². The first-order chi connectivity index (χ1) is 7.76. The largest absolute Gasteiger partial charge is 0.394 e. The molecule has 0 saturated heterocycles. The minimum Gasteiger partial charge on any atom is -0.394 e. The molecule has 1 aromatic rings. The average Bonchev–Trinajstić information content (AvgIpc) is 2.72. The van der Waals surface area contributed by atoms with Crippen molar-refractivity contribution in [2.75, 3.05) is 31.7 Å². The molecule has 0 radical (unpaired) electrons. The standard InChI is InChI=1S/C10H19N3O3/c1-9(8-15)12-10-6-11-13(7-10)2-4-16-5-3-14/h6-7,9,12,14-15H,2-5,8H2,1H3/t9-/m0/s1. The van der Waals surface area contributed by atoms with E-state index in [9.17, 15) is 0 Å². The lowest BCUT2D eigenvalue weighted by Gasteiger charge is -2.09. The van der Waals surface area contributed by atoms with E-state index in [4.69, 9.17) is 14.9 Å². The maximum absolute atomic E-state index is 8.87. The van der Waals surface area contributed by atoms with Crippen molar-refractivity contribution in [1.82, 2.24) is 9.78 Å². The van der Waals surface area contributed by atoms with Gasteiger partial charge in [-0.2, -0.15) is 5.10 Å². The molecule has 0 amide bonds. The Labute approximate surface area is 94.8 Å². The first-order valence-electron chi connectivity index (χ1n) is 5.34. The van der Waals surface area contributed by atoms with Gasteiger partial charge in [0.15, 0.2) is 0 Å². The van der Waals surface area contributed by atoms with Crippen LogP contribution in [0.1, 0.15) is 6.92 Å². The van der Waals surface area contributed by atoms with Crippen LogP contribution in [0.15, 0.2) is 12.4 Å². The van der Waals surface area contributed by atoms with Crippen molar-refractivity contribution in [3.63, 3.8) is 0 Å². The van der Waals surface area contributed by atoms with E-state index in [1.165, 1.54) is 0 Å². The number of aromatic nitrogens is 2. The zero-order valence-electron chi connectivity index (χ0n) is 9.46. The number of anilines is 1. The molecule has 0 spiro atoms. The van der Waals surface area contributed by atoms with Gasteiger partial charge in [-0.25, -0.2) is 0 Å². The number of ether oxygens (including phenoxy) is 1. The lowest BCUT2D eigenvalue weighted by molar-refractivity contribution is 0.0854. The first kappa shape index (κ1) is 13.0. The van der Waals surface area contributed by atoms with Gasteiger partial charge in [0.2, 0.25) is 0 Å². The minimum absolute atomic E-state index is 0.0169. The monoisotopic (exact) mass is 229 g/mol. The third kappa shape index (κ3) is 4.61. The first-order valence-corrected chi connectivity index (χ1v) is 5.34. The second kappa shape index (κ2) is 7.21. The Bertz CT molecular complexity index is 291. The summed E-state index contributed by atoms with van der Waals surface area (Å²) in [5.41, 5.74) is 0.878. The predicted molar refractivity (Wildman–Crippen MR) is 60.3 cm³/mol. The van der Waals surface area contributed by atoms with Crippen molar-refractivity contribution < 1.29 is 14.9 Å². The normalized spacial score (nSPS) is 12.7. The van der Waals surface area contributed by atoms with Crippen molar-refractivity contribution in [3.05, 3.63) is 12.4 Å². The summed E-state index contributed by atoms with van der Waals surface area (Å²) in [6.45, 7) is 3.55. The molecule has 16 heavy (non-hydrogen) atoms. The van der Waals surface area contributed by atoms with Crippen LogP contribution in [-0.2, 0) is 11.3 Å². The Morgan fingerprint density at radius 3 is 3.00 bits per heavy atom. The predicted octanol–water partition coefficient (Wildman–Crippen LogP) is -0.315. The third-order valence-corrected chi connectivity index (χ3v) is 2.02. The second-order valence-electron chi connectivity index (χ2n) is 3.56. The number of nitrogens with one attached hydrogen (secondary N) is 1. The molecule has 3 N–H and O–H groups in total. The van der Waals surface area contributed by atoms with Gasteiger partial charge in [-0.05, 0) is 6.92 Å². The zero-order valence-corrected chi connectivity index (χ0v) is 9.46. The topological polar surface area (TPSA) is 79.5 Å². The fourth-order valence-electron chi connectivity index (χ4n) is 1.22. The number of hydrogen-bond donors (Lipinski definition) is 3. The van der Waals surface area contributed by atoms with Gasteiger partial charge in [0.25, 0.3) is 0 Å². The van der Waals surface area contributed by atoms with Gasteiger partial charge < -0.3 is 20.3 Å². The van der Waals surface area contributed by atoms with Crippen LogP contribution in [0.2, 0.25) is 0 Å². The molecule has 0 aliphatic carbocycles. The van der Waals surface area contributed by atoms with E-state index in [2.05, 4.69) is 10.4 Å². The number of rotatable bonds is 8. The Morgan fingerprint density at radius 1 is 1.50 bits per heavy atom. The fourth-order valence-corrected chi connectivity index (χ4v) is 1.22. The van der Waals surface area contributed by atoms with Gasteiger partial charge in [-0.3, -0.25) is 4.68 Å². The van der Waals surface area contributed by atoms with Crippen molar-refractivity contribution in [2.45, 2.75) is 19.5 Å². The van der Waals surface area contributed by atoms with Crippen molar-refractivity contribution in [3.8, 4) is 0 Å². The SMILES string of the molecule is C[C@@H](CO)Nc1cnn(CCOCCO)c1. The Kier molecular flexibility index (Phi) is 5.84. The molecule has 0 fully saturated rings. The second-order valence-corrected chi connectivity index (χ2v) is 3.56. The van der Waals surface area contributed by atoms with Crippen LogP contribution in [0.5, 0.6) is 0 Å². The molecule has 6 heteroatoms. The summed E-state index contributed by atoms with van der Waals surface area (Å²) in [6.07, 6.45) is 3.56. The van der Waals surface area contributed by atoms with E-state index < -0.39 is 0 Å². The molecule has 0 aliphatic heterocycles. The molecular formula is C10H19N3O3. The average molecular weight is 229 g/mol. The maximum Gasteiger partial charge on any atom is 0.0729 e. The summed E-state index contributed by atoms with van der Waals surface area (Å²) in [6, 6.07) is 0.0169. The van der Waals surface area contributed by atoms with Crippen LogP contribution >= 0.6 is 0 Å². The molecule has 6 nitrogen and oxygen atoms in total. The highest BCUT2D eigenvalue weighted by Crippen LogP contribution is 2.06. The lowest BCUT2D eigenvalue weighted by atomic mass is 10.3. The van der Waals surface area contributed by atoms with Crippen molar-refractivity contribution in [1.29, 1.82) is 0 Å². The molecule has 0 saturated carbocycles. The number of nitrogens with zero attached hydrogens (tertiary/aromatic N) is 2. The highest BCUT2D eigenvalue weighted by Gasteiger charge is 2.02. The molecule has 1 aromatic heterocycles. The number of aliphatic hydroxyl groups excluding tert-OH is 2. The number of aliphatic hydroxyl groups is 2. The zero-order chi connectivity index (χ0) is 11.8. The van der Waals surface area contributed by atoms with Crippen LogP contribution < -0.4 is 5.32 Å². The Hall–Kier alpha value is -1.11. The van der Waals surface area contributed by atoms with E-state index in [0.29, 0.717) is 19.8 Å². The molecule has 1 heterocycles. The van der Waals surface area contributed by atoms with Gasteiger partial charge >= 0.3 is 0 Å². The van der Waals surface area contributed by atoms with Crippen molar-refractivity contribution in [2.24, 2.45) is 0 Å². The van der Waals surface area contributed by atoms with Crippen LogP contribution in [0.4, 0.5) is 5.69 Å². The van der Waals surface area contributed by atoms with Crippen LogP contribution in [-0.4, -0.2) is 52.5 Å². The fraction of sp³-hybridized carbons (Fsp3) is 0.700. The summed E-state index contributed by atoms with van der Waals surface area (Å²) in [4.78, 5) is 0. The number of hydrogen-bond acceptors (Lipinski definition) is 5. The van der Waals surface area contributed by atoms with E-state index >= 15 is 0 Å². The molecule has 0 aliphatic rings. The minimum atomic E-state index is 0.0169. The Balaban J connectivity index is 2.28. The summed E-state index contributed by atoms with van der Waals surface area (Å²) in [7, 11) is 0. The van der Waals surface area contributed by atoms with Gasteiger partial charge in [-0.15, -0.1) is 0 Å². The summed E-state index contributed by atoms with van der Waals surface area (Å²) < 4.78 is 6.88. The van der Waals surface area contributed by atoms with Gasteiger partial charge in [0.1, 0.15) is 0 Å². The summed E-state index contributed by atoms with van der Waals surface area (Å²) in [5, 5.41) is 24.6. The lowest BCUT2D eigenvalue weighted by Crippen LogP contribution is -2.18. The van der Waals surface area contributed by atoms with Gasteiger partial charge in [0.05, 0.1) is 44.9 Å². The molecular weight excluding hydrogens is 210 g/mol. The molecule has 1 atom stereocenters. The molecule has 0 aromatic carbocycles. The van der Waals surface area contributed by atoms with Gasteiger partial charge in [0, 0.05) is 12.2 Å². The highest BCUT2D eigenvalue weighted by molar-refractivity contribution is 5.38. The van der Waals surface area contributed by atoms with Gasteiger partial charge in [-0.1, -0.05) is 0 Å². The third-order valence-electron chi connectivity index (χ3n) is 2.02. The molecule has 0 unspecified atom stereocenters.